The van der Waals surface area contributed by atoms with Crippen molar-refractivity contribution in [1.82, 2.24) is 10.6 Å². The number of ether oxygens (including phenoxy) is 1. The molecule has 0 radical (unpaired) electrons. The lowest BCUT2D eigenvalue weighted by Gasteiger charge is -2.21. The van der Waals surface area contributed by atoms with Crippen LogP contribution in [0.4, 0.5) is 0 Å². The number of hydrogen-bond acceptors (Lipinski definition) is 4. The summed E-state index contributed by atoms with van der Waals surface area (Å²) in [4.78, 5) is 4.32. The van der Waals surface area contributed by atoms with E-state index in [4.69, 9.17) is 4.74 Å². The number of rotatable bonds is 8. The van der Waals surface area contributed by atoms with Crippen molar-refractivity contribution in [3.05, 3.63) is 0 Å². The van der Waals surface area contributed by atoms with Crippen LogP contribution in [0.15, 0.2) is 4.99 Å². The van der Waals surface area contributed by atoms with Gasteiger partial charge in [-0.15, -0.1) is 24.0 Å². The number of aliphatic imine (C=N–C) groups is 1. The van der Waals surface area contributed by atoms with E-state index in [1.54, 1.807) is 21.0 Å². The number of sulfone groups is 1. The van der Waals surface area contributed by atoms with Crippen molar-refractivity contribution in [3.8, 4) is 0 Å². The fraction of sp³-hybridized carbons (Fsp3) is 0.917. The first kappa shape index (κ1) is 22.2. The second-order valence-corrected chi connectivity index (χ2v) is 7.65. The van der Waals surface area contributed by atoms with Crippen LogP contribution in [0.2, 0.25) is 0 Å². The largest absolute Gasteiger partial charge is 0.385 e. The predicted molar refractivity (Wildman–Crippen MR) is 94.8 cm³/mol. The van der Waals surface area contributed by atoms with E-state index in [1.165, 1.54) is 6.26 Å². The van der Waals surface area contributed by atoms with Gasteiger partial charge >= 0.3 is 0 Å². The zero-order chi connectivity index (χ0) is 14.9. The molecule has 0 aromatic rings. The molecule has 0 saturated heterocycles. The van der Waals surface area contributed by atoms with E-state index in [0.29, 0.717) is 12.6 Å². The number of nitrogens with one attached hydrogen (secondary N) is 2. The van der Waals surface area contributed by atoms with Crippen molar-refractivity contribution in [2.45, 2.75) is 31.9 Å². The molecular formula is C12H28IN3O3S. The molecule has 8 heteroatoms. The molecule has 0 spiro atoms. The molecule has 0 aromatic heterocycles. The SMILES string of the molecule is CCNC(=NCC(C)(C)S(C)(=O)=O)NCCCOC.I. The van der Waals surface area contributed by atoms with Gasteiger partial charge in [-0.25, -0.2) is 8.42 Å². The highest BCUT2D eigenvalue weighted by Gasteiger charge is 2.29. The summed E-state index contributed by atoms with van der Waals surface area (Å²) in [6.07, 6.45) is 2.11. The molecular weight excluding hydrogens is 393 g/mol. The van der Waals surface area contributed by atoms with E-state index in [2.05, 4.69) is 15.6 Å². The summed E-state index contributed by atoms with van der Waals surface area (Å²) >= 11 is 0. The van der Waals surface area contributed by atoms with E-state index in [1.807, 2.05) is 6.92 Å². The molecule has 0 unspecified atom stereocenters. The van der Waals surface area contributed by atoms with Crippen LogP contribution in [0.25, 0.3) is 0 Å². The van der Waals surface area contributed by atoms with Gasteiger partial charge < -0.3 is 15.4 Å². The molecule has 0 aromatic carbocycles. The van der Waals surface area contributed by atoms with Crippen LogP contribution in [0, 0.1) is 0 Å². The van der Waals surface area contributed by atoms with Gasteiger partial charge in [0.2, 0.25) is 0 Å². The minimum atomic E-state index is -3.12. The zero-order valence-electron chi connectivity index (χ0n) is 13.0. The second kappa shape index (κ2) is 10.6. The highest BCUT2D eigenvalue weighted by atomic mass is 127. The number of methoxy groups -OCH3 is 1. The maximum absolute atomic E-state index is 11.6. The molecule has 0 atom stereocenters. The van der Waals surface area contributed by atoms with Crippen molar-refractivity contribution in [2.75, 3.05) is 39.6 Å². The quantitative estimate of drug-likeness (QED) is 0.265. The number of nitrogens with zero attached hydrogens (tertiary/aromatic N) is 1. The third-order valence-corrected chi connectivity index (χ3v) is 4.92. The molecule has 0 rings (SSSR count). The van der Waals surface area contributed by atoms with Gasteiger partial charge in [0, 0.05) is 33.1 Å². The first-order chi connectivity index (χ1) is 8.74. The molecule has 0 aliphatic rings. The summed E-state index contributed by atoms with van der Waals surface area (Å²) in [6.45, 7) is 7.70. The van der Waals surface area contributed by atoms with E-state index in [9.17, 15) is 8.42 Å². The molecule has 6 nitrogen and oxygen atoms in total. The fourth-order valence-corrected chi connectivity index (χ4v) is 1.45. The summed E-state index contributed by atoms with van der Waals surface area (Å²) in [5, 5.41) is 6.23. The normalized spacial score (nSPS) is 12.8. The first-order valence-electron chi connectivity index (χ1n) is 6.45. The van der Waals surface area contributed by atoms with Crippen LogP contribution in [0.5, 0.6) is 0 Å². The van der Waals surface area contributed by atoms with Crippen molar-refractivity contribution >= 4 is 39.8 Å². The van der Waals surface area contributed by atoms with Crippen LogP contribution in [-0.4, -0.2) is 58.7 Å². The molecule has 2 N–H and O–H groups in total. The fourth-order valence-electron chi connectivity index (χ4n) is 1.15. The van der Waals surface area contributed by atoms with Crippen molar-refractivity contribution in [1.29, 1.82) is 0 Å². The molecule has 122 valence electrons. The summed E-state index contributed by atoms with van der Waals surface area (Å²) in [5.74, 6) is 0.635. The number of hydrogen-bond donors (Lipinski definition) is 2. The lowest BCUT2D eigenvalue weighted by Crippen LogP contribution is -2.41. The molecule has 20 heavy (non-hydrogen) atoms. The lowest BCUT2D eigenvalue weighted by atomic mass is 10.2. The van der Waals surface area contributed by atoms with Gasteiger partial charge in [-0.1, -0.05) is 0 Å². The van der Waals surface area contributed by atoms with Gasteiger partial charge in [-0.3, -0.25) is 4.99 Å². The van der Waals surface area contributed by atoms with Crippen molar-refractivity contribution in [3.63, 3.8) is 0 Å². The van der Waals surface area contributed by atoms with E-state index in [-0.39, 0.29) is 30.5 Å². The average molecular weight is 421 g/mol. The predicted octanol–water partition coefficient (Wildman–Crippen LogP) is 1.02. The monoisotopic (exact) mass is 421 g/mol. The molecule has 0 aliphatic carbocycles. The Morgan fingerprint density at radius 2 is 1.90 bits per heavy atom. The van der Waals surface area contributed by atoms with Crippen LogP contribution >= 0.6 is 24.0 Å². The number of halogens is 1. The van der Waals surface area contributed by atoms with Gasteiger partial charge in [0.25, 0.3) is 0 Å². The number of guanidine groups is 1. The third kappa shape index (κ3) is 8.96. The third-order valence-electron chi connectivity index (χ3n) is 2.78. The minimum absolute atomic E-state index is 0. The highest BCUT2D eigenvalue weighted by molar-refractivity contribution is 14.0. The minimum Gasteiger partial charge on any atom is -0.385 e. The Morgan fingerprint density at radius 1 is 1.30 bits per heavy atom. The van der Waals surface area contributed by atoms with Gasteiger partial charge in [-0.2, -0.15) is 0 Å². The maximum Gasteiger partial charge on any atom is 0.191 e. The molecule has 0 saturated carbocycles. The van der Waals surface area contributed by atoms with E-state index >= 15 is 0 Å². The van der Waals surface area contributed by atoms with Gasteiger partial charge in [0.1, 0.15) is 0 Å². The average Bonchev–Trinajstić information content (AvgIpc) is 2.30. The van der Waals surface area contributed by atoms with Crippen LogP contribution in [-0.2, 0) is 14.6 Å². The van der Waals surface area contributed by atoms with Crippen LogP contribution < -0.4 is 10.6 Å². The van der Waals surface area contributed by atoms with Gasteiger partial charge in [-0.05, 0) is 27.2 Å². The van der Waals surface area contributed by atoms with Crippen LogP contribution in [0.1, 0.15) is 27.2 Å². The zero-order valence-corrected chi connectivity index (χ0v) is 16.2. The Labute approximate surface area is 140 Å². The topological polar surface area (TPSA) is 79.8 Å². The van der Waals surface area contributed by atoms with Crippen molar-refractivity contribution in [2.24, 2.45) is 4.99 Å². The Balaban J connectivity index is 0. The first-order valence-corrected chi connectivity index (χ1v) is 8.34. The summed E-state index contributed by atoms with van der Waals surface area (Å²) in [5.41, 5.74) is 0. The summed E-state index contributed by atoms with van der Waals surface area (Å²) < 4.78 is 27.3. The van der Waals surface area contributed by atoms with E-state index < -0.39 is 14.6 Å². The molecule has 0 bridgehead atoms. The maximum atomic E-state index is 11.6. The van der Waals surface area contributed by atoms with Gasteiger partial charge in [0.05, 0.1) is 11.3 Å². The Hall–Kier alpha value is -0.0900. The standard InChI is InChI=1S/C12H27N3O3S.HI/c1-6-13-11(14-8-7-9-18-4)15-10-12(2,3)19(5,16)17;/h6-10H2,1-5H3,(H2,13,14,15);1H. The van der Waals surface area contributed by atoms with Crippen LogP contribution in [0.3, 0.4) is 0 Å². The Bertz CT molecular complexity index is 383. The van der Waals surface area contributed by atoms with E-state index in [0.717, 1.165) is 19.5 Å². The highest BCUT2D eigenvalue weighted by Crippen LogP contribution is 2.14. The second-order valence-electron chi connectivity index (χ2n) is 5.00. The molecule has 0 heterocycles. The lowest BCUT2D eigenvalue weighted by molar-refractivity contribution is 0.195. The van der Waals surface area contributed by atoms with Crippen molar-refractivity contribution < 1.29 is 13.2 Å². The van der Waals surface area contributed by atoms with Gasteiger partial charge in [0.15, 0.2) is 15.8 Å². The summed E-state index contributed by atoms with van der Waals surface area (Å²) in [7, 11) is -1.46. The molecule has 0 fully saturated rings. The smallest absolute Gasteiger partial charge is 0.191 e. The molecule has 0 amide bonds. The summed E-state index contributed by atoms with van der Waals surface area (Å²) in [6, 6.07) is 0. The Kier molecular flexibility index (Phi) is 11.8. The molecule has 0 aliphatic heterocycles. The Morgan fingerprint density at radius 3 is 2.35 bits per heavy atom.